The number of para-hydroxylation sites is 1. The highest BCUT2D eigenvalue weighted by Gasteiger charge is 2.50. The summed E-state index contributed by atoms with van der Waals surface area (Å²) < 4.78 is 6.67. The molecule has 0 saturated carbocycles. The van der Waals surface area contributed by atoms with Gasteiger partial charge >= 0.3 is 0 Å². The minimum absolute atomic E-state index is 0.0424. The minimum Gasteiger partial charge on any atom is -0.456 e. The summed E-state index contributed by atoms with van der Waals surface area (Å²) in [6.07, 6.45) is 5.84. The highest BCUT2D eigenvalue weighted by Crippen LogP contribution is 2.56. The average Bonchev–Trinajstić information content (AvgIpc) is 3.70. The van der Waals surface area contributed by atoms with Crippen molar-refractivity contribution in [2.75, 3.05) is 9.80 Å². The zero-order valence-corrected chi connectivity index (χ0v) is 41.6. The number of rotatable bonds is 2. The number of benzene rings is 6. The summed E-state index contributed by atoms with van der Waals surface area (Å²) in [7, 11) is 0. The summed E-state index contributed by atoms with van der Waals surface area (Å²) in [4.78, 5) is 5.39. The second kappa shape index (κ2) is 12.8. The molecule has 7 aromatic rings. The van der Waals surface area contributed by atoms with Crippen molar-refractivity contribution < 1.29 is 4.42 Å². The second-order valence-electron chi connectivity index (χ2n) is 25.1. The van der Waals surface area contributed by atoms with Crippen LogP contribution in [0.3, 0.4) is 0 Å². The molecule has 2 aliphatic heterocycles. The molecular formula is C61H67BN2O. The van der Waals surface area contributed by atoms with Gasteiger partial charge in [-0.15, -0.1) is 0 Å². The molecule has 0 atom stereocenters. The number of aryl methyl sites for hydroxylation is 2. The molecule has 3 nitrogen and oxygen atoms in total. The van der Waals surface area contributed by atoms with Crippen molar-refractivity contribution in [1.82, 2.24) is 0 Å². The van der Waals surface area contributed by atoms with E-state index in [1.165, 1.54) is 126 Å². The van der Waals surface area contributed by atoms with Crippen LogP contribution in [0.1, 0.15) is 160 Å². The maximum Gasteiger partial charge on any atom is 0.252 e. The van der Waals surface area contributed by atoms with Crippen LogP contribution < -0.4 is 26.2 Å². The molecule has 3 heterocycles. The molecule has 0 saturated heterocycles. The summed E-state index contributed by atoms with van der Waals surface area (Å²) in [5, 5.41) is 2.33. The summed E-state index contributed by atoms with van der Waals surface area (Å²) in [6.45, 7) is 34.5. The van der Waals surface area contributed by atoms with Gasteiger partial charge in [0.05, 0.1) is 11.1 Å². The Bertz CT molecular complexity index is 3240. The van der Waals surface area contributed by atoms with Crippen molar-refractivity contribution >= 4 is 79.2 Å². The summed E-state index contributed by atoms with van der Waals surface area (Å²) >= 11 is 0. The van der Waals surface area contributed by atoms with Gasteiger partial charge in [0, 0.05) is 33.8 Å². The third-order valence-electron chi connectivity index (χ3n) is 17.7. The van der Waals surface area contributed by atoms with Crippen LogP contribution >= 0.6 is 0 Å². The van der Waals surface area contributed by atoms with Gasteiger partial charge in [-0.25, -0.2) is 0 Å². The second-order valence-corrected chi connectivity index (χ2v) is 25.1. The van der Waals surface area contributed by atoms with Gasteiger partial charge in [0.1, 0.15) is 11.2 Å². The Morgan fingerprint density at radius 3 is 1.43 bits per heavy atom. The lowest BCUT2D eigenvalue weighted by Crippen LogP contribution is -2.62. The first-order chi connectivity index (χ1) is 30.5. The summed E-state index contributed by atoms with van der Waals surface area (Å²) in [5.41, 5.74) is 25.9. The van der Waals surface area contributed by atoms with Crippen LogP contribution in [0.4, 0.5) is 34.1 Å². The van der Waals surface area contributed by atoms with Crippen LogP contribution in [0.5, 0.6) is 0 Å². The first-order valence-electron chi connectivity index (χ1n) is 24.7. The van der Waals surface area contributed by atoms with Gasteiger partial charge in [0.25, 0.3) is 6.71 Å². The summed E-state index contributed by atoms with van der Waals surface area (Å²) in [5.74, 6) is 0. The van der Waals surface area contributed by atoms with Gasteiger partial charge in [0.15, 0.2) is 0 Å². The molecule has 4 heteroatoms. The molecule has 0 unspecified atom stereocenters. The largest absolute Gasteiger partial charge is 0.456 e. The predicted octanol–water partition coefficient (Wildman–Crippen LogP) is 14.9. The highest BCUT2D eigenvalue weighted by atomic mass is 16.3. The molecule has 0 spiro atoms. The first kappa shape index (κ1) is 41.2. The molecule has 65 heavy (non-hydrogen) atoms. The molecule has 5 aliphatic rings. The lowest BCUT2D eigenvalue weighted by molar-refractivity contribution is 0.332. The lowest BCUT2D eigenvalue weighted by atomic mass is 9.32. The highest BCUT2D eigenvalue weighted by molar-refractivity contribution is 7.00. The Morgan fingerprint density at radius 2 is 0.877 bits per heavy atom. The maximum atomic E-state index is 6.67. The molecule has 0 radical (unpaired) electrons. The van der Waals surface area contributed by atoms with E-state index in [-0.39, 0.29) is 39.2 Å². The lowest BCUT2D eigenvalue weighted by Gasteiger charge is -2.49. The van der Waals surface area contributed by atoms with Gasteiger partial charge in [-0.05, 0) is 188 Å². The van der Waals surface area contributed by atoms with Gasteiger partial charge in [0.2, 0.25) is 0 Å². The normalized spacial score (nSPS) is 20.8. The van der Waals surface area contributed by atoms with Crippen molar-refractivity contribution in [1.29, 1.82) is 0 Å². The number of anilines is 6. The molecule has 0 amide bonds. The molecule has 0 fully saturated rings. The Balaban J connectivity index is 1.25. The van der Waals surface area contributed by atoms with E-state index in [9.17, 15) is 0 Å². The Hall–Kier alpha value is -5.22. The monoisotopic (exact) mass is 855 g/mol. The van der Waals surface area contributed by atoms with Gasteiger partial charge < -0.3 is 14.2 Å². The van der Waals surface area contributed by atoms with Crippen molar-refractivity contribution in [3.05, 3.63) is 136 Å². The quantitative estimate of drug-likeness (QED) is 0.162. The number of hydrogen-bond donors (Lipinski definition) is 0. The van der Waals surface area contributed by atoms with Crippen LogP contribution in [0.15, 0.2) is 95.4 Å². The minimum atomic E-state index is 0.0424. The van der Waals surface area contributed by atoms with Crippen molar-refractivity contribution in [2.45, 2.75) is 162 Å². The third-order valence-corrected chi connectivity index (χ3v) is 17.7. The van der Waals surface area contributed by atoms with Crippen LogP contribution in [0, 0.1) is 13.8 Å². The molecule has 0 N–H and O–H groups in total. The van der Waals surface area contributed by atoms with E-state index in [0.717, 1.165) is 23.0 Å². The fourth-order valence-electron chi connectivity index (χ4n) is 14.1. The van der Waals surface area contributed by atoms with E-state index in [1.54, 1.807) is 0 Å². The van der Waals surface area contributed by atoms with Gasteiger partial charge in [-0.2, -0.15) is 0 Å². The molecule has 0 bridgehead atoms. The zero-order valence-electron chi connectivity index (χ0n) is 41.6. The number of nitrogens with zero attached hydrogens (tertiary/aromatic N) is 2. The molecule has 3 aliphatic carbocycles. The smallest absolute Gasteiger partial charge is 0.252 e. The molecule has 1 aromatic heterocycles. The Kier molecular flexibility index (Phi) is 8.13. The zero-order chi connectivity index (χ0) is 45.7. The van der Waals surface area contributed by atoms with Crippen LogP contribution in [0.2, 0.25) is 0 Å². The van der Waals surface area contributed by atoms with E-state index in [2.05, 4.69) is 198 Å². The maximum absolute atomic E-state index is 6.67. The number of hydrogen-bond acceptors (Lipinski definition) is 3. The average molecular weight is 855 g/mol. The third kappa shape index (κ3) is 5.61. The van der Waals surface area contributed by atoms with Crippen molar-refractivity contribution in [3.63, 3.8) is 0 Å². The van der Waals surface area contributed by atoms with Crippen LogP contribution in [-0.2, 0) is 32.5 Å². The van der Waals surface area contributed by atoms with E-state index in [4.69, 9.17) is 4.42 Å². The molecule has 6 aromatic carbocycles. The Labute approximate surface area is 388 Å². The van der Waals surface area contributed by atoms with E-state index in [0.29, 0.717) is 0 Å². The van der Waals surface area contributed by atoms with E-state index in [1.807, 2.05) is 0 Å². The fraction of sp³-hybridized carbons (Fsp3) is 0.410. The number of fused-ring (bicyclic) bond motifs is 10. The summed E-state index contributed by atoms with van der Waals surface area (Å²) in [6, 6.07) is 36.2. The van der Waals surface area contributed by atoms with E-state index < -0.39 is 0 Å². The topological polar surface area (TPSA) is 19.6 Å². The molecule has 330 valence electrons. The van der Waals surface area contributed by atoms with Crippen LogP contribution in [-0.4, -0.2) is 6.71 Å². The predicted molar refractivity (Wildman–Crippen MR) is 278 cm³/mol. The molecule has 12 rings (SSSR count). The van der Waals surface area contributed by atoms with Gasteiger partial charge in [-0.1, -0.05) is 126 Å². The number of furan rings is 1. The van der Waals surface area contributed by atoms with E-state index >= 15 is 0 Å². The van der Waals surface area contributed by atoms with Crippen molar-refractivity contribution in [3.8, 4) is 0 Å². The first-order valence-corrected chi connectivity index (χ1v) is 24.7. The Morgan fingerprint density at radius 1 is 0.431 bits per heavy atom. The van der Waals surface area contributed by atoms with Crippen LogP contribution in [0.25, 0.3) is 21.9 Å². The standard InChI is InChI=1S/C61H67BN2O/c1-35-26-50-55-51(27-35)64(47-31-43-38(28-36(47)2)60(11,12)34-61(43,13)14)49-33-42-40(57(5,6)23-25-59(42,9)10)30-45(49)62(55)44-29-39-41(58(7,8)24-22-56(39,3)4)32-48(44)63(50)46-19-17-21-53-54(46)37-18-15-16-20-52(37)65-53/h15-21,26-33H,22-25,34H2,1-14H3. The van der Waals surface area contributed by atoms with Crippen molar-refractivity contribution in [2.24, 2.45) is 0 Å². The van der Waals surface area contributed by atoms with Gasteiger partial charge in [-0.3, -0.25) is 0 Å². The molecular weight excluding hydrogens is 787 g/mol. The SMILES string of the molecule is Cc1cc2c3c(c1)N(c1cccc4oc5ccccc5c14)c1cc4c(cc1B3c1cc3c(cc1N2c1cc2c(cc1C)C(C)(C)CC2(C)C)C(C)(C)CCC3(C)C)C(C)(C)CCC4(C)C. The fourth-order valence-corrected chi connectivity index (χ4v) is 14.1.